The molecule has 0 heterocycles. The third-order valence-corrected chi connectivity index (χ3v) is 1.86. The minimum atomic E-state index is -0.312. The fourth-order valence-electron chi connectivity index (χ4n) is 0.916. The Labute approximate surface area is 91.7 Å². The molecule has 2 nitrogen and oxygen atoms in total. The third kappa shape index (κ3) is 4.23. The second kappa shape index (κ2) is 6.38. The molecule has 74 valence electrons. The summed E-state index contributed by atoms with van der Waals surface area (Å²) in [5.41, 5.74) is 0.989. The predicted octanol–water partition coefficient (Wildman–Crippen LogP) is 2.64. The van der Waals surface area contributed by atoms with Crippen molar-refractivity contribution in [2.24, 2.45) is 0 Å². The molecule has 0 atom stereocenters. The summed E-state index contributed by atoms with van der Waals surface area (Å²) in [6.07, 6.45) is 3.16. The molecule has 0 saturated heterocycles. The van der Waals surface area contributed by atoms with Gasteiger partial charge in [-0.3, -0.25) is 0 Å². The summed E-state index contributed by atoms with van der Waals surface area (Å²) in [7, 11) is 0. The molecule has 1 aromatic rings. The molecular weight excluding hydrogens is 244 g/mol. The fourth-order valence-corrected chi connectivity index (χ4v) is 1.08. The van der Waals surface area contributed by atoms with Crippen molar-refractivity contribution in [1.29, 1.82) is 0 Å². The van der Waals surface area contributed by atoms with Crippen molar-refractivity contribution in [3.05, 3.63) is 42.0 Å². The van der Waals surface area contributed by atoms with Crippen LogP contribution in [-0.4, -0.2) is 17.9 Å². The highest BCUT2D eigenvalue weighted by molar-refractivity contribution is 9.09. The smallest absolute Gasteiger partial charge is 0.330 e. The van der Waals surface area contributed by atoms with Gasteiger partial charge in [0.25, 0.3) is 0 Å². The molecular formula is C11H11BrO2. The highest BCUT2D eigenvalue weighted by atomic mass is 79.9. The van der Waals surface area contributed by atoms with Crippen molar-refractivity contribution in [2.45, 2.75) is 0 Å². The van der Waals surface area contributed by atoms with Crippen molar-refractivity contribution in [1.82, 2.24) is 0 Å². The van der Waals surface area contributed by atoms with Crippen molar-refractivity contribution >= 4 is 28.0 Å². The number of alkyl halides is 1. The van der Waals surface area contributed by atoms with Crippen LogP contribution in [0.15, 0.2) is 36.4 Å². The first kappa shape index (κ1) is 11.0. The van der Waals surface area contributed by atoms with E-state index in [1.807, 2.05) is 30.3 Å². The lowest BCUT2D eigenvalue weighted by Gasteiger charge is -1.96. The Morgan fingerprint density at radius 2 is 2.07 bits per heavy atom. The van der Waals surface area contributed by atoms with E-state index >= 15 is 0 Å². The summed E-state index contributed by atoms with van der Waals surface area (Å²) in [5, 5.41) is 0.665. The third-order valence-electron chi connectivity index (χ3n) is 1.53. The number of rotatable bonds is 4. The average Bonchev–Trinajstić information content (AvgIpc) is 2.25. The van der Waals surface area contributed by atoms with Gasteiger partial charge < -0.3 is 4.74 Å². The molecule has 0 bridgehead atoms. The van der Waals surface area contributed by atoms with Crippen molar-refractivity contribution in [2.75, 3.05) is 11.9 Å². The number of carbonyl (C=O) groups is 1. The van der Waals surface area contributed by atoms with Gasteiger partial charge in [0.05, 0.1) is 0 Å². The van der Waals surface area contributed by atoms with E-state index in [2.05, 4.69) is 15.9 Å². The monoisotopic (exact) mass is 254 g/mol. The normalized spacial score (nSPS) is 10.4. The zero-order valence-electron chi connectivity index (χ0n) is 7.65. The lowest BCUT2D eigenvalue weighted by Crippen LogP contribution is -2.02. The first-order chi connectivity index (χ1) is 6.83. The van der Waals surface area contributed by atoms with Gasteiger partial charge in [0.2, 0.25) is 0 Å². The second-order valence-corrected chi connectivity index (χ2v) is 3.39. The van der Waals surface area contributed by atoms with Gasteiger partial charge in [0, 0.05) is 11.4 Å². The van der Waals surface area contributed by atoms with Crippen LogP contribution in [-0.2, 0) is 9.53 Å². The molecule has 0 aliphatic carbocycles. The summed E-state index contributed by atoms with van der Waals surface area (Å²) in [4.78, 5) is 11.0. The first-order valence-corrected chi connectivity index (χ1v) is 5.41. The Kier molecular flexibility index (Phi) is 5.00. The van der Waals surface area contributed by atoms with E-state index in [1.165, 1.54) is 6.08 Å². The maximum Gasteiger partial charge on any atom is 0.330 e. The van der Waals surface area contributed by atoms with E-state index in [9.17, 15) is 4.79 Å². The van der Waals surface area contributed by atoms with Gasteiger partial charge in [-0.2, -0.15) is 0 Å². The number of hydrogen-bond acceptors (Lipinski definition) is 2. The largest absolute Gasteiger partial charge is 0.462 e. The molecule has 0 aromatic heterocycles. The van der Waals surface area contributed by atoms with Crippen molar-refractivity contribution < 1.29 is 9.53 Å². The van der Waals surface area contributed by atoms with Gasteiger partial charge in [-0.15, -0.1) is 0 Å². The quantitative estimate of drug-likeness (QED) is 0.469. The maximum atomic E-state index is 11.0. The van der Waals surface area contributed by atoms with Crippen LogP contribution in [0.4, 0.5) is 0 Å². The van der Waals surface area contributed by atoms with Gasteiger partial charge in [0.1, 0.15) is 6.61 Å². The van der Waals surface area contributed by atoms with E-state index in [0.29, 0.717) is 11.9 Å². The number of halogens is 1. The average molecular weight is 255 g/mol. The zero-order valence-corrected chi connectivity index (χ0v) is 9.24. The molecule has 14 heavy (non-hydrogen) atoms. The van der Waals surface area contributed by atoms with Crippen LogP contribution in [0.1, 0.15) is 5.56 Å². The molecule has 0 N–H and O–H groups in total. The highest BCUT2D eigenvalue weighted by Gasteiger charge is 1.94. The van der Waals surface area contributed by atoms with E-state index in [4.69, 9.17) is 4.74 Å². The molecule has 0 spiro atoms. The van der Waals surface area contributed by atoms with Crippen LogP contribution in [0.5, 0.6) is 0 Å². The van der Waals surface area contributed by atoms with Crippen LogP contribution in [0.25, 0.3) is 6.08 Å². The van der Waals surface area contributed by atoms with Crippen molar-refractivity contribution in [3.8, 4) is 0 Å². The zero-order chi connectivity index (χ0) is 10.2. The van der Waals surface area contributed by atoms with E-state index in [0.717, 1.165) is 5.56 Å². The minimum Gasteiger partial charge on any atom is -0.462 e. The van der Waals surface area contributed by atoms with Crippen LogP contribution in [0.3, 0.4) is 0 Å². The maximum absolute atomic E-state index is 11.0. The second-order valence-electron chi connectivity index (χ2n) is 2.60. The molecule has 0 amide bonds. The predicted molar refractivity (Wildman–Crippen MR) is 60.2 cm³/mol. The SMILES string of the molecule is O=C(C=Cc1ccccc1)OCCBr. The van der Waals surface area contributed by atoms with Crippen LogP contribution in [0, 0.1) is 0 Å². The molecule has 0 saturated carbocycles. The minimum absolute atomic E-state index is 0.312. The number of benzene rings is 1. The number of ether oxygens (including phenoxy) is 1. The fraction of sp³-hybridized carbons (Fsp3) is 0.182. The molecule has 3 heteroatoms. The Balaban J connectivity index is 2.44. The van der Waals surface area contributed by atoms with Crippen LogP contribution in [0.2, 0.25) is 0 Å². The standard InChI is InChI=1S/C11H11BrO2/c12-8-9-14-11(13)7-6-10-4-2-1-3-5-10/h1-7H,8-9H2. The first-order valence-electron chi connectivity index (χ1n) is 4.29. The molecule has 0 aliphatic heterocycles. The van der Waals surface area contributed by atoms with E-state index in [-0.39, 0.29) is 5.97 Å². The van der Waals surface area contributed by atoms with E-state index in [1.54, 1.807) is 6.08 Å². The number of carbonyl (C=O) groups excluding carboxylic acids is 1. The summed E-state index contributed by atoms with van der Waals surface area (Å²) in [6.45, 7) is 0.401. The molecule has 1 rings (SSSR count). The Hall–Kier alpha value is -1.09. The Bertz CT molecular complexity index is 306. The van der Waals surface area contributed by atoms with Crippen LogP contribution < -0.4 is 0 Å². The molecule has 1 aromatic carbocycles. The summed E-state index contributed by atoms with van der Waals surface area (Å²) < 4.78 is 4.84. The van der Waals surface area contributed by atoms with Gasteiger partial charge >= 0.3 is 5.97 Å². The van der Waals surface area contributed by atoms with Gasteiger partial charge in [0.15, 0.2) is 0 Å². The molecule has 0 unspecified atom stereocenters. The van der Waals surface area contributed by atoms with Crippen molar-refractivity contribution in [3.63, 3.8) is 0 Å². The van der Waals surface area contributed by atoms with E-state index < -0.39 is 0 Å². The van der Waals surface area contributed by atoms with Gasteiger partial charge in [-0.05, 0) is 11.6 Å². The lowest BCUT2D eigenvalue weighted by molar-refractivity contribution is -0.137. The molecule has 0 aliphatic rings. The number of hydrogen-bond donors (Lipinski definition) is 0. The number of esters is 1. The molecule has 0 fully saturated rings. The Morgan fingerprint density at radius 1 is 1.36 bits per heavy atom. The highest BCUT2D eigenvalue weighted by Crippen LogP contribution is 2.00. The van der Waals surface area contributed by atoms with Crippen LogP contribution >= 0.6 is 15.9 Å². The van der Waals surface area contributed by atoms with Gasteiger partial charge in [-0.25, -0.2) is 4.79 Å². The summed E-state index contributed by atoms with van der Waals surface area (Å²) >= 11 is 3.17. The summed E-state index contributed by atoms with van der Waals surface area (Å²) in [6, 6.07) is 9.62. The topological polar surface area (TPSA) is 26.3 Å². The van der Waals surface area contributed by atoms with Gasteiger partial charge in [-0.1, -0.05) is 46.3 Å². The Morgan fingerprint density at radius 3 is 2.71 bits per heavy atom. The molecule has 0 radical (unpaired) electrons. The summed E-state index contributed by atoms with van der Waals surface area (Å²) in [5.74, 6) is -0.312. The lowest BCUT2D eigenvalue weighted by atomic mass is 10.2.